The van der Waals surface area contributed by atoms with E-state index in [2.05, 4.69) is 0 Å². The molecule has 2 nitrogen and oxygen atoms in total. The van der Waals surface area contributed by atoms with E-state index in [1.807, 2.05) is 6.92 Å². The zero-order valence-corrected chi connectivity index (χ0v) is 8.07. The van der Waals surface area contributed by atoms with Crippen molar-refractivity contribution in [2.75, 3.05) is 7.11 Å². The van der Waals surface area contributed by atoms with Crippen LogP contribution in [-0.2, 0) is 0 Å². The molecule has 66 valence electrons. The van der Waals surface area contributed by atoms with Gasteiger partial charge in [0.25, 0.3) is 0 Å². The second-order valence-electron chi connectivity index (χ2n) is 2.68. The molecular weight excluding hydrogens is 176 g/mol. The molecule has 0 amide bonds. The van der Waals surface area contributed by atoms with Gasteiger partial charge < -0.3 is 9.84 Å². The molecule has 0 aliphatic heterocycles. The van der Waals surface area contributed by atoms with Crippen molar-refractivity contribution in [1.82, 2.24) is 0 Å². The molecule has 0 saturated carbocycles. The first-order chi connectivity index (χ1) is 5.57. The Labute approximate surface area is 76.7 Å². The molecule has 1 aromatic rings. The number of methoxy groups -OCH3 is 1. The quantitative estimate of drug-likeness (QED) is 0.731. The monoisotopic (exact) mass is 186 g/mol. The highest BCUT2D eigenvalue weighted by Crippen LogP contribution is 2.36. The van der Waals surface area contributed by atoms with Crippen molar-refractivity contribution in [3.05, 3.63) is 22.2 Å². The summed E-state index contributed by atoms with van der Waals surface area (Å²) in [6, 6.07) is 1.71. The average molecular weight is 187 g/mol. The van der Waals surface area contributed by atoms with Crippen molar-refractivity contribution >= 4 is 11.6 Å². The first-order valence-corrected chi connectivity index (χ1v) is 3.98. The molecule has 0 bridgehead atoms. The van der Waals surface area contributed by atoms with Gasteiger partial charge in [-0.1, -0.05) is 11.6 Å². The topological polar surface area (TPSA) is 29.5 Å². The summed E-state index contributed by atoms with van der Waals surface area (Å²) in [4.78, 5) is 0. The molecule has 0 aromatic heterocycles. The molecule has 1 rings (SSSR count). The highest BCUT2D eigenvalue weighted by molar-refractivity contribution is 6.32. The van der Waals surface area contributed by atoms with Crippen LogP contribution in [0.2, 0.25) is 5.02 Å². The van der Waals surface area contributed by atoms with Gasteiger partial charge in [0.05, 0.1) is 12.1 Å². The van der Waals surface area contributed by atoms with Gasteiger partial charge in [0, 0.05) is 5.56 Å². The minimum atomic E-state index is 0.119. The molecule has 0 aliphatic rings. The fourth-order valence-corrected chi connectivity index (χ4v) is 1.21. The number of hydrogen-bond acceptors (Lipinski definition) is 2. The fourth-order valence-electron chi connectivity index (χ4n) is 1.07. The minimum absolute atomic E-state index is 0.119. The normalized spacial score (nSPS) is 10.0. The first-order valence-electron chi connectivity index (χ1n) is 3.60. The van der Waals surface area contributed by atoms with Gasteiger partial charge in [0.2, 0.25) is 0 Å². The van der Waals surface area contributed by atoms with Crippen LogP contribution in [0.1, 0.15) is 11.1 Å². The molecule has 0 fully saturated rings. The lowest BCUT2D eigenvalue weighted by molar-refractivity contribution is 0.371. The van der Waals surface area contributed by atoms with E-state index in [1.54, 1.807) is 13.0 Å². The minimum Gasteiger partial charge on any atom is -0.504 e. The summed E-state index contributed by atoms with van der Waals surface area (Å²) in [5.74, 6) is 0.586. The zero-order chi connectivity index (χ0) is 9.30. The molecule has 1 N–H and O–H groups in total. The Balaban J connectivity index is 3.39. The van der Waals surface area contributed by atoms with Gasteiger partial charge >= 0.3 is 0 Å². The third kappa shape index (κ3) is 1.34. The van der Waals surface area contributed by atoms with Crippen LogP contribution in [-0.4, -0.2) is 12.2 Å². The molecule has 0 aliphatic carbocycles. The number of benzene rings is 1. The number of rotatable bonds is 1. The number of ether oxygens (including phenoxy) is 1. The summed E-state index contributed by atoms with van der Waals surface area (Å²) in [6.07, 6.45) is 0. The summed E-state index contributed by atoms with van der Waals surface area (Å²) in [5.41, 5.74) is 1.57. The summed E-state index contributed by atoms with van der Waals surface area (Å²) < 4.78 is 4.95. The Morgan fingerprint density at radius 2 is 2.00 bits per heavy atom. The van der Waals surface area contributed by atoms with E-state index in [1.165, 1.54) is 7.11 Å². The Kier molecular flexibility index (Phi) is 2.48. The lowest BCUT2D eigenvalue weighted by Crippen LogP contribution is -1.89. The lowest BCUT2D eigenvalue weighted by atomic mass is 10.1. The van der Waals surface area contributed by atoms with E-state index in [9.17, 15) is 5.11 Å². The highest BCUT2D eigenvalue weighted by Gasteiger charge is 2.10. The number of hydrogen-bond donors (Lipinski definition) is 1. The van der Waals surface area contributed by atoms with Gasteiger partial charge in [-0.25, -0.2) is 0 Å². The van der Waals surface area contributed by atoms with Crippen LogP contribution in [0.4, 0.5) is 0 Å². The summed E-state index contributed by atoms with van der Waals surface area (Å²) in [6.45, 7) is 3.63. The molecule has 0 spiro atoms. The van der Waals surface area contributed by atoms with E-state index >= 15 is 0 Å². The van der Waals surface area contributed by atoms with Crippen molar-refractivity contribution in [2.24, 2.45) is 0 Å². The predicted molar refractivity (Wildman–Crippen MR) is 49.1 cm³/mol. The Hall–Kier alpha value is -0.890. The first kappa shape index (κ1) is 9.20. The molecule has 0 radical (unpaired) electrons. The number of phenolic OH excluding ortho intramolecular Hbond substituents is 1. The number of phenols is 1. The third-order valence-corrected chi connectivity index (χ3v) is 2.41. The molecule has 0 unspecified atom stereocenters. The maximum Gasteiger partial charge on any atom is 0.162 e. The average Bonchev–Trinajstić information content (AvgIpc) is 2.08. The van der Waals surface area contributed by atoms with Crippen LogP contribution >= 0.6 is 11.6 Å². The molecule has 0 heterocycles. The standard InChI is InChI=1S/C9H11ClO2/c1-5-4-7(12-3)9(11)6(2)8(5)10/h4,11H,1-3H3. The van der Waals surface area contributed by atoms with E-state index in [0.717, 1.165) is 5.56 Å². The van der Waals surface area contributed by atoms with Gasteiger partial charge in [-0.3, -0.25) is 0 Å². The highest BCUT2D eigenvalue weighted by atomic mass is 35.5. The Morgan fingerprint density at radius 1 is 1.42 bits per heavy atom. The molecule has 1 aromatic carbocycles. The molecule has 3 heteroatoms. The zero-order valence-electron chi connectivity index (χ0n) is 7.31. The van der Waals surface area contributed by atoms with E-state index in [-0.39, 0.29) is 5.75 Å². The van der Waals surface area contributed by atoms with Crippen LogP contribution in [0, 0.1) is 13.8 Å². The fraction of sp³-hybridized carbons (Fsp3) is 0.333. The van der Waals surface area contributed by atoms with Crippen molar-refractivity contribution in [3.63, 3.8) is 0 Å². The third-order valence-electron chi connectivity index (χ3n) is 1.83. The lowest BCUT2D eigenvalue weighted by Gasteiger charge is -2.09. The SMILES string of the molecule is COc1cc(C)c(Cl)c(C)c1O. The second-order valence-corrected chi connectivity index (χ2v) is 3.06. The van der Waals surface area contributed by atoms with E-state index < -0.39 is 0 Å². The van der Waals surface area contributed by atoms with Crippen LogP contribution in [0.15, 0.2) is 6.07 Å². The largest absolute Gasteiger partial charge is 0.504 e. The van der Waals surface area contributed by atoms with Gasteiger partial charge in [-0.05, 0) is 25.5 Å². The van der Waals surface area contributed by atoms with Crippen molar-refractivity contribution < 1.29 is 9.84 Å². The summed E-state index contributed by atoms with van der Waals surface area (Å²) in [5, 5.41) is 10.1. The molecule has 12 heavy (non-hydrogen) atoms. The van der Waals surface area contributed by atoms with Gasteiger partial charge in [-0.2, -0.15) is 0 Å². The maximum absolute atomic E-state index is 9.49. The predicted octanol–water partition coefficient (Wildman–Crippen LogP) is 2.67. The maximum atomic E-state index is 9.49. The number of aromatic hydroxyl groups is 1. The van der Waals surface area contributed by atoms with Crippen molar-refractivity contribution in [2.45, 2.75) is 13.8 Å². The molecular formula is C9H11ClO2. The molecule has 0 atom stereocenters. The van der Waals surface area contributed by atoms with Crippen molar-refractivity contribution in [1.29, 1.82) is 0 Å². The smallest absolute Gasteiger partial charge is 0.162 e. The van der Waals surface area contributed by atoms with Crippen LogP contribution in [0.3, 0.4) is 0 Å². The van der Waals surface area contributed by atoms with E-state index in [4.69, 9.17) is 16.3 Å². The van der Waals surface area contributed by atoms with Gasteiger partial charge in [0.15, 0.2) is 11.5 Å². The number of aryl methyl sites for hydroxylation is 1. The van der Waals surface area contributed by atoms with Gasteiger partial charge in [0.1, 0.15) is 0 Å². The van der Waals surface area contributed by atoms with E-state index in [0.29, 0.717) is 16.3 Å². The van der Waals surface area contributed by atoms with Crippen LogP contribution < -0.4 is 4.74 Å². The van der Waals surface area contributed by atoms with Gasteiger partial charge in [-0.15, -0.1) is 0 Å². The molecule has 0 saturated heterocycles. The number of halogens is 1. The Bertz CT molecular complexity index is 308. The summed E-state index contributed by atoms with van der Waals surface area (Å²) >= 11 is 5.90. The summed E-state index contributed by atoms with van der Waals surface area (Å²) in [7, 11) is 1.52. The van der Waals surface area contributed by atoms with Crippen LogP contribution in [0.25, 0.3) is 0 Å². The van der Waals surface area contributed by atoms with Crippen molar-refractivity contribution in [3.8, 4) is 11.5 Å². The van der Waals surface area contributed by atoms with Crippen LogP contribution in [0.5, 0.6) is 11.5 Å². The Morgan fingerprint density at radius 3 is 2.50 bits per heavy atom. The second kappa shape index (κ2) is 3.23.